The van der Waals surface area contributed by atoms with Gasteiger partial charge in [-0.05, 0) is 56.5 Å². The molecule has 0 fully saturated rings. The van der Waals surface area contributed by atoms with E-state index < -0.39 is 0 Å². The first-order valence-corrected chi connectivity index (χ1v) is 7.79. The normalized spacial score (nSPS) is 16.9. The van der Waals surface area contributed by atoms with Gasteiger partial charge in [-0.15, -0.1) is 0 Å². The Kier molecular flexibility index (Phi) is 4.18. The van der Waals surface area contributed by atoms with Crippen LogP contribution in [-0.2, 0) is 6.42 Å². The van der Waals surface area contributed by atoms with Crippen LogP contribution in [0.3, 0.4) is 0 Å². The molecule has 1 aliphatic carbocycles. The van der Waals surface area contributed by atoms with Crippen molar-refractivity contribution >= 4 is 5.91 Å². The highest BCUT2D eigenvalue weighted by atomic mass is 16.5. The van der Waals surface area contributed by atoms with Crippen LogP contribution in [0.1, 0.15) is 53.1 Å². The van der Waals surface area contributed by atoms with E-state index in [9.17, 15) is 4.79 Å². The van der Waals surface area contributed by atoms with Crippen molar-refractivity contribution in [1.82, 2.24) is 5.32 Å². The average molecular weight is 299 g/mol. The van der Waals surface area contributed by atoms with Gasteiger partial charge in [-0.25, -0.2) is 0 Å². The molecule has 0 saturated carbocycles. The third kappa shape index (κ3) is 2.86. The van der Waals surface area contributed by atoms with Gasteiger partial charge in [0.2, 0.25) is 0 Å². The second kappa shape index (κ2) is 6.26. The van der Waals surface area contributed by atoms with Crippen LogP contribution in [-0.4, -0.2) is 12.5 Å². The Morgan fingerprint density at radius 3 is 3.05 bits per heavy atom. The van der Waals surface area contributed by atoms with E-state index in [4.69, 9.17) is 9.15 Å². The van der Waals surface area contributed by atoms with Gasteiger partial charge in [-0.1, -0.05) is 0 Å². The van der Waals surface area contributed by atoms with Gasteiger partial charge < -0.3 is 14.5 Å². The summed E-state index contributed by atoms with van der Waals surface area (Å²) in [5.74, 6) is 1.78. The molecule has 3 rings (SSSR count). The van der Waals surface area contributed by atoms with Crippen molar-refractivity contribution < 1.29 is 13.9 Å². The topological polar surface area (TPSA) is 51.5 Å². The number of hydrogen-bond acceptors (Lipinski definition) is 3. The summed E-state index contributed by atoms with van der Waals surface area (Å²) in [7, 11) is 0. The minimum atomic E-state index is -0.0507. The van der Waals surface area contributed by atoms with Crippen molar-refractivity contribution in [2.45, 2.75) is 39.2 Å². The van der Waals surface area contributed by atoms with Crippen molar-refractivity contribution in [1.29, 1.82) is 0 Å². The Bertz CT molecular complexity index is 675. The van der Waals surface area contributed by atoms with Crippen molar-refractivity contribution in [3.8, 4) is 5.75 Å². The molecule has 0 saturated heterocycles. The number of carbonyl (C=O) groups excluding carboxylic acids is 1. The predicted octanol–water partition coefficient (Wildman–Crippen LogP) is 3.79. The van der Waals surface area contributed by atoms with E-state index in [-0.39, 0.29) is 11.9 Å². The Morgan fingerprint density at radius 1 is 1.41 bits per heavy atom. The smallest absolute Gasteiger partial charge is 0.251 e. The van der Waals surface area contributed by atoms with Crippen LogP contribution in [0.25, 0.3) is 0 Å². The first kappa shape index (κ1) is 14.7. The van der Waals surface area contributed by atoms with E-state index in [1.165, 1.54) is 0 Å². The van der Waals surface area contributed by atoms with E-state index in [2.05, 4.69) is 5.32 Å². The number of furan rings is 1. The van der Waals surface area contributed by atoms with Crippen LogP contribution in [0.5, 0.6) is 5.75 Å². The molecular formula is C18H21NO3. The van der Waals surface area contributed by atoms with Crippen LogP contribution < -0.4 is 10.1 Å². The van der Waals surface area contributed by atoms with Crippen molar-refractivity contribution in [2.75, 3.05) is 6.61 Å². The zero-order valence-electron chi connectivity index (χ0n) is 13.0. The molecule has 116 valence electrons. The van der Waals surface area contributed by atoms with E-state index >= 15 is 0 Å². The molecule has 1 N–H and O–H groups in total. The van der Waals surface area contributed by atoms with Crippen LogP contribution >= 0.6 is 0 Å². The monoisotopic (exact) mass is 299 g/mol. The fourth-order valence-electron chi connectivity index (χ4n) is 2.99. The Morgan fingerprint density at radius 2 is 2.27 bits per heavy atom. The van der Waals surface area contributed by atoms with Gasteiger partial charge in [0.15, 0.2) is 0 Å². The fourth-order valence-corrected chi connectivity index (χ4v) is 2.99. The Labute approximate surface area is 130 Å². The number of carbonyl (C=O) groups is 1. The molecule has 0 spiro atoms. The Hall–Kier alpha value is -2.23. The summed E-state index contributed by atoms with van der Waals surface area (Å²) < 4.78 is 11.0. The molecular weight excluding hydrogens is 278 g/mol. The number of aryl methyl sites for hydroxylation is 2. The molecule has 0 radical (unpaired) electrons. The molecule has 1 amide bonds. The predicted molar refractivity (Wildman–Crippen MR) is 84.2 cm³/mol. The minimum Gasteiger partial charge on any atom is -0.494 e. The van der Waals surface area contributed by atoms with Gasteiger partial charge in [0.25, 0.3) is 5.91 Å². The summed E-state index contributed by atoms with van der Waals surface area (Å²) in [4.78, 5) is 12.5. The molecule has 1 atom stereocenters. The van der Waals surface area contributed by atoms with Gasteiger partial charge >= 0.3 is 0 Å². The molecule has 1 unspecified atom stereocenters. The molecule has 0 aliphatic heterocycles. The zero-order valence-corrected chi connectivity index (χ0v) is 13.0. The number of fused-ring (bicyclic) bond motifs is 1. The van der Waals surface area contributed by atoms with Crippen molar-refractivity contribution in [2.24, 2.45) is 0 Å². The lowest BCUT2D eigenvalue weighted by molar-refractivity contribution is 0.0932. The van der Waals surface area contributed by atoms with E-state index in [0.29, 0.717) is 12.2 Å². The molecule has 4 nitrogen and oxygen atoms in total. The van der Waals surface area contributed by atoms with E-state index in [0.717, 1.165) is 41.9 Å². The average Bonchev–Trinajstić information content (AvgIpc) is 2.99. The van der Waals surface area contributed by atoms with Crippen LogP contribution in [0, 0.1) is 6.92 Å². The zero-order chi connectivity index (χ0) is 15.5. The van der Waals surface area contributed by atoms with E-state index in [1.54, 1.807) is 6.26 Å². The summed E-state index contributed by atoms with van der Waals surface area (Å²) in [5.41, 5.74) is 2.75. The molecule has 4 heteroatoms. The number of benzene rings is 1. The summed E-state index contributed by atoms with van der Waals surface area (Å²) >= 11 is 0. The van der Waals surface area contributed by atoms with Crippen LogP contribution in [0.15, 0.2) is 34.9 Å². The minimum absolute atomic E-state index is 0.0434. The SMILES string of the molecule is CCOc1ccc(C(=O)NC2CCCc3occc32)cc1C. The lowest BCUT2D eigenvalue weighted by atomic mass is 9.93. The van der Waals surface area contributed by atoms with Gasteiger partial charge in [-0.3, -0.25) is 4.79 Å². The standard InChI is InChI=1S/C18H21NO3/c1-3-21-16-8-7-13(11-12(16)2)18(20)19-15-5-4-6-17-14(15)9-10-22-17/h7-11,15H,3-6H2,1-2H3,(H,19,20). The molecule has 1 aromatic heterocycles. The van der Waals surface area contributed by atoms with Gasteiger partial charge in [-0.2, -0.15) is 0 Å². The van der Waals surface area contributed by atoms with Gasteiger partial charge in [0.1, 0.15) is 11.5 Å². The summed E-state index contributed by atoms with van der Waals surface area (Å²) in [6, 6.07) is 7.55. The maximum atomic E-state index is 12.5. The lowest BCUT2D eigenvalue weighted by Crippen LogP contribution is -2.30. The maximum Gasteiger partial charge on any atom is 0.251 e. The van der Waals surface area contributed by atoms with Gasteiger partial charge in [0.05, 0.1) is 18.9 Å². The third-order valence-corrected chi connectivity index (χ3v) is 4.09. The second-order valence-electron chi connectivity index (χ2n) is 5.63. The first-order chi connectivity index (χ1) is 10.7. The van der Waals surface area contributed by atoms with Gasteiger partial charge in [0, 0.05) is 17.5 Å². The maximum absolute atomic E-state index is 12.5. The fraction of sp³-hybridized carbons (Fsp3) is 0.389. The molecule has 1 heterocycles. The highest BCUT2D eigenvalue weighted by Crippen LogP contribution is 2.30. The van der Waals surface area contributed by atoms with Crippen LogP contribution in [0.4, 0.5) is 0 Å². The number of ether oxygens (including phenoxy) is 1. The molecule has 2 aromatic rings. The van der Waals surface area contributed by atoms with Crippen LogP contribution in [0.2, 0.25) is 0 Å². The molecule has 22 heavy (non-hydrogen) atoms. The first-order valence-electron chi connectivity index (χ1n) is 7.79. The third-order valence-electron chi connectivity index (χ3n) is 4.09. The number of nitrogens with one attached hydrogen (secondary N) is 1. The highest BCUT2D eigenvalue weighted by Gasteiger charge is 2.24. The lowest BCUT2D eigenvalue weighted by Gasteiger charge is -2.23. The number of amides is 1. The summed E-state index contributed by atoms with van der Waals surface area (Å²) in [6.07, 6.45) is 4.65. The van der Waals surface area contributed by atoms with E-state index in [1.807, 2.05) is 38.1 Å². The molecule has 1 aliphatic rings. The highest BCUT2D eigenvalue weighted by molar-refractivity contribution is 5.94. The Balaban J connectivity index is 1.74. The molecule has 0 bridgehead atoms. The second-order valence-corrected chi connectivity index (χ2v) is 5.63. The summed E-state index contributed by atoms with van der Waals surface area (Å²) in [6.45, 7) is 4.53. The van der Waals surface area contributed by atoms with Crippen molar-refractivity contribution in [3.63, 3.8) is 0 Å². The molecule has 1 aromatic carbocycles. The number of hydrogen-bond donors (Lipinski definition) is 1. The number of rotatable bonds is 4. The van der Waals surface area contributed by atoms with Crippen molar-refractivity contribution in [3.05, 3.63) is 53.0 Å². The largest absolute Gasteiger partial charge is 0.494 e. The quantitative estimate of drug-likeness (QED) is 0.934. The summed E-state index contributed by atoms with van der Waals surface area (Å²) in [5, 5.41) is 3.12.